The molecule has 1 saturated heterocycles. The smallest absolute Gasteiger partial charge is 0.274 e. The van der Waals surface area contributed by atoms with Crippen molar-refractivity contribution < 1.29 is 14.8 Å². The van der Waals surface area contributed by atoms with E-state index in [1.807, 2.05) is 47.4 Å². The SMILES string of the molecule is O=C(NO)c1ccc2c(c1)C[C@@]1(CC2)CC(=O)N(c2ccccc2)C1. The Kier molecular flexibility index (Phi) is 3.81. The van der Waals surface area contributed by atoms with Crippen LogP contribution in [0.2, 0.25) is 0 Å². The number of nitrogens with zero attached hydrogens (tertiary/aromatic N) is 1. The van der Waals surface area contributed by atoms with Crippen molar-refractivity contribution in [3.8, 4) is 0 Å². The third-order valence-corrected chi connectivity index (χ3v) is 5.45. The molecule has 0 aromatic heterocycles. The molecule has 1 heterocycles. The number of fused-ring (bicyclic) bond motifs is 1. The van der Waals surface area contributed by atoms with Gasteiger partial charge in [-0.05, 0) is 54.7 Å². The number of para-hydroxylation sites is 1. The fourth-order valence-electron chi connectivity index (χ4n) is 4.16. The number of hydrogen-bond donors (Lipinski definition) is 2. The highest BCUT2D eigenvalue weighted by Crippen LogP contribution is 2.44. The normalized spacial score (nSPS) is 22.1. The van der Waals surface area contributed by atoms with Crippen LogP contribution in [0.4, 0.5) is 5.69 Å². The van der Waals surface area contributed by atoms with Gasteiger partial charge >= 0.3 is 0 Å². The number of rotatable bonds is 2. The number of aryl methyl sites for hydroxylation is 1. The number of amides is 2. The predicted molar refractivity (Wildman–Crippen MR) is 93.6 cm³/mol. The van der Waals surface area contributed by atoms with Crippen LogP contribution in [0.1, 0.15) is 34.3 Å². The molecule has 2 aromatic carbocycles. The number of carbonyl (C=O) groups excluding carboxylic acids is 2. The quantitative estimate of drug-likeness (QED) is 0.654. The molecule has 2 N–H and O–H groups in total. The van der Waals surface area contributed by atoms with Crippen molar-refractivity contribution in [1.29, 1.82) is 0 Å². The summed E-state index contributed by atoms with van der Waals surface area (Å²) in [5.74, 6) is -0.338. The monoisotopic (exact) mass is 336 g/mol. The number of hydroxylamine groups is 1. The predicted octanol–water partition coefficient (Wildman–Crippen LogP) is 2.72. The molecule has 1 atom stereocenters. The summed E-state index contributed by atoms with van der Waals surface area (Å²) in [6.45, 7) is 0.714. The summed E-state index contributed by atoms with van der Waals surface area (Å²) in [5.41, 5.74) is 5.34. The van der Waals surface area contributed by atoms with Gasteiger partial charge in [-0.2, -0.15) is 0 Å². The zero-order valence-corrected chi connectivity index (χ0v) is 13.9. The minimum Gasteiger partial charge on any atom is -0.312 e. The molecule has 5 nitrogen and oxygen atoms in total. The highest BCUT2D eigenvalue weighted by Gasteiger charge is 2.45. The summed E-state index contributed by atoms with van der Waals surface area (Å²) in [6.07, 6.45) is 3.20. The van der Waals surface area contributed by atoms with E-state index >= 15 is 0 Å². The van der Waals surface area contributed by atoms with Gasteiger partial charge in [-0.3, -0.25) is 14.8 Å². The maximum absolute atomic E-state index is 12.6. The molecule has 2 aromatic rings. The van der Waals surface area contributed by atoms with E-state index in [0.29, 0.717) is 18.5 Å². The highest BCUT2D eigenvalue weighted by atomic mass is 16.5. The van der Waals surface area contributed by atoms with Gasteiger partial charge in [-0.1, -0.05) is 24.3 Å². The lowest BCUT2D eigenvalue weighted by atomic mass is 9.70. The van der Waals surface area contributed by atoms with Crippen LogP contribution in [-0.4, -0.2) is 23.6 Å². The maximum atomic E-state index is 12.6. The molecule has 0 bridgehead atoms. The fraction of sp³-hybridized carbons (Fsp3) is 0.300. The molecule has 2 amide bonds. The van der Waals surface area contributed by atoms with Crippen molar-refractivity contribution in [2.24, 2.45) is 5.41 Å². The summed E-state index contributed by atoms with van der Waals surface area (Å²) in [4.78, 5) is 26.2. The zero-order chi connectivity index (χ0) is 17.4. The Hall–Kier alpha value is -2.66. The van der Waals surface area contributed by atoms with Gasteiger partial charge in [0.1, 0.15) is 0 Å². The summed E-state index contributed by atoms with van der Waals surface area (Å²) in [5, 5.41) is 8.84. The summed E-state index contributed by atoms with van der Waals surface area (Å²) in [6, 6.07) is 15.3. The number of nitrogens with one attached hydrogen (secondary N) is 1. The van der Waals surface area contributed by atoms with E-state index in [9.17, 15) is 9.59 Å². The molecule has 25 heavy (non-hydrogen) atoms. The van der Waals surface area contributed by atoms with Crippen molar-refractivity contribution in [2.45, 2.75) is 25.7 Å². The van der Waals surface area contributed by atoms with Crippen LogP contribution in [0.3, 0.4) is 0 Å². The van der Waals surface area contributed by atoms with Crippen LogP contribution in [0.25, 0.3) is 0 Å². The van der Waals surface area contributed by atoms with Gasteiger partial charge in [0.25, 0.3) is 5.91 Å². The van der Waals surface area contributed by atoms with Crippen LogP contribution < -0.4 is 10.4 Å². The van der Waals surface area contributed by atoms with E-state index < -0.39 is 5.91 Å². The van der Waals surface area contributed by atoms with Gasteiger partial charge in [-0.15, -0.1) is 0 Å². The molecule has 0 saturated carbocycles. The van der Waals surface area contributed by atoms with Gasteiger partial charge < -0.3 is 4.90 Å². The Morgan fingerprint density at radius 3 is 2.64 bits per heavy atom. The second-order valence-electron chi connectivity index (χ2n) is 7.09. The Morgan fingerprint density at radius 1 is 1.08 bits per heavy atom. The van der Waals surface area contributed by atoms with Gasteiger partial charge in [0, 0.05) is 29.6 Å². The van der Waals surface area contributed by atoms with Crippen molar-refractivity contribution in [3.05, 3.63) is 65.2 Å². The summed E-state index contributed by atoms with van der Waals surface area (Å²) < 4.78 is 0. The van der Waals surface area contributed by atoms with Gasteiger partial charge in [0.15, 0.2) is 0 Å². The van der Waals surface area contributed by atoms with Gasteiger partial charge in [0.05, 0.1) is 0 Å². The Morgan fingerprint density at radius 2 is 1.88 bits per heavy atom. The molecule has 1 aliphatic heterocycles. The molecule has 2 aliphatic rings. The lowest BCUT2D eigenvalue weighted by Gasteiger charge is -2.34. The van der Waals surface area contributed by atoms with Crippen molar-refractivity contribution in [2.75, 3.05) is 11.4 Å². The van der Waals surface area contributed by atoms with Crippen LogP contribution in [-0.2, 0) is 17.6 Å². The first-order valence-electron chi connectivity index (χ1n) is 8.52. The summed E-state index contributed by atoms with van der Waals surface area (Å²) >= 11 is 0. The molecule has 0 unspecified atom stereocenters. The Labute approximate surface area is 146 Å². The van der Waals surface area contributed by atoms with E-state index in [4.69, 9.17) is 5.21 Å². The number of anilines is 1. The molecular formula is C20H20N2O3. The molecular weight excluding hydrogens is 316 g/mol. The highest BCUT2D eigenvalue weighted by molar-refractivity contribution is 5.96. The Balaban J connectivity index is 1.61. The van der Waals surface area contributed by atoms with E-state index in [0.717, 1.165) is 30.5 Å². The second kappa shape index (κ2) is 6.01. The van der Waals surface area contributed by atoms with Crippen molar-refractivity contribution >= 4 is 17.5 Å². The molecule has 1 fully saturated rings. The first kappa shape index (κ1) is 15.8. The molecule has 128 valence electrons. The van der Waals surface area contributed by atoms with E-state index in [1.165, 1.54) is 5.56 Å². The maximum Gasteiger partial charge on any atom is 0.274 e. The third kappa shape index (κ3) is 2.81. The zero-order valence-electron chi connectivity index (χ0n) is 13.9. The van der Waals surface area contributed by atoms with Crippen molar-refractivity contribution in [3.63, 3.8) is 0 Å². The lowest BCUT2D eigenvalue weighted by molar-refractivity contribution is -0.117. The molecule has 1 spiro atoms. The van der Waals surface area contributed by atoms with Crippen LogP contribution in [0, 0.1) is 5.41 Å². The lowest BCUT2D eigenvalue weighted by Crippen LogP contribution is -2.33. The first-order valence-corrected chi connectivity index (χ1v) is 8.52. The van der Waals surface area contributed by atoms with E-state index in [1.54, 1.807) is 11.5 Å². The van der Waals surface area contributed by atoms with Crippen LogP contribution in [0.15, 0.2) is 48.5 Å². The van der Waals surface area contributed by atoms with Crippen molar-refractivity contribution in [1.82, 2.24) is 5.48 Å². The minimum absolute atomic E-state index is 0.0752. The molecule has 0 radical (unpaired) electrons. The number of benzene rings is 2. The first-order chi connectivity index (χ1) is 12.1. The Bertz CT molecular complexity index is 834. The average molecular weight is 336 g/mol. The van der Waals surface area contributed by atoms with E-state index in [2.05, 4.69) is 0 Å². The van der Waals surface area contributed by atoms with Gasteiger partial charge in [0.2, 0.25) is 5.91 Å². The largest absolute Gasteiger partial charge is 0.312 e. The summed E-state index contributed by atoms with van der Waals surface area (Å²) in [7, 11) is 0. The topological polar surface area (TPSA) is 69.6 Å². The van der Waals surface area contributed by atoms with E-state index in [-0.39, 0.29) is 11.3 Å². The number of hydrogen-bond acceptors (Lipinski definition) is 3. The standard InChI is InChI=1S/C20H20N2O3/c23-18-12-20(13-22(18)17-4-2-1-3-5-17)9-8-14-6-7-15(19(24)21-25)10-16(14)11-20/h1-7,10,25H,8-9,11-13H2,(H,21,24)/t20-/m0/s1. The fourth-order valence-corrected chi connectivity index (χ4v) is 4.16. The molecule has 4 rings (SSSR count). The average Bonchev–Trinajstić information content (AvgIpc) is 2.96. The number of carbonyl (C=O) groups is 2. The molecule has 1 aliphatic carbocycles. The van der Waals surface area contributed by atoms with Gasteiger partial charge in [-0.25, -0.2) is 5.48 Å². The molecule has 5 heteroatoms. The van der Waals surface area contributed by atoms with Crippen LogP contribution >= 0.6 is 0 Å². The van der Waals surface area contributed by atoms with Crippen LogP contribution in [0.5, 0.6) is 0 Å². The second-order valence-corrected chi connectivity index (χ2v) is 7.09. The minimum atomic E-state index is -0.504. The third-order valence-electron chi connectivity index (χ3n) is 5.45.